The highest BCUT2D eigenvalue weighted by atomic mass is 32.1. The molecule has 0 spiro atoms. The molecule has 4 nitrogen and oxygen atoms in total. The van der Waals surface area contributed by atoms with Crippen molar-refractivity contribution in [3.8, 4) is 0 Å². The molecule has 0 unspecified atom stereocenters. The number of aromatic amines is 2. The molecule has 0 aliphatic heterocycles. The van der Waals surface area contributed by atoms with Crippen molar-refractivity contribution >= 4 is 12.2 Å². The van der Waals surface area contributed by atoms with E-state index in [1.54, 1.807) is 0 Å². The zero-order valence-corrected chi connectivity index (χ0v) is 14.5. The van der Waals surface area contributed by atoms with Crippen LogP contribution in [0.25, 0.3) is 0 Å². The summed E-state index contributed by atoms with van der Waals surface area (Å²) < 4.78 is 0.421. The number of H-pyrrole nitrogens is 2. The van der Waals surface area contributed by atoms with Crippen LogP contribution in [-0.4, -0.2) is 15.0 Å². The molecule has 2 N–H and O–H groups in total. The van der Waals surface area contributed by atoms with Crippen molar-refractivity contribution in [2.75, 3.05) is 0 Å². The summed E-state index contributed by atoms with van der Waals surface area (Å²) in [5.41, 5.74) is 3.62. The summed E-state index contributed by atoms with van der Waals surface area (Å²) in [5.74, 6) is 1.17. The quantitative estimate of drug-likeness (QED) is 0.836. The summed E-state index contributed by atoms with van der Waals surface area (Å²) in [4.78, 5) is 23.0. The molecule has 0 aromatic carbocycles. The standard InChI is InChI=1S/C18H23N3OS/c1-11-6-8-13(9-7-11)16-15(17(22)21-18(23)20-16)10-14-5-3-4-12(2)19-14/h3-5,11,13H,6-10H2,1-2H3,(H2,20,21,22,23). The monoisotopic (exact) mass is 329 g/mol. The van der Waals surface area contributed by atoms with E-state index >= 15 is 0 Å². The van der Waals surface area contributed by atoms with E-state index in [2.05, 4.69) is 21.9 Å². The van der Waals surface area contributed by atoms with Crippen LogP contribution in [0.1, 0.15) is 61.2 Å². The molecule has 3 rings (SSSR count). The normalized spacial score (nSPS) is 21.3. The van der Waals surface area contributed by atoms with Crippen molar-refractivity contribution in [3.05, 3.63) is 56.0 Å². The average molecular weight is 329 g/mol. The number of pyridine rings is 1. The molecule has 23 heavy (non-hydrogen) atoms. The molecule has 0 bridgehead atoms. The maximum atomic E-state index is 12.5. The van der Waals surface area contributed by atoms with E-state index in [-0.39, 0.29) is 5.56 Å². The van der Waals surface area contributed by atoms with Crippen LogP contribution in [-0.2, 0) is 6.42 Å². The Kier molecular flexibility index (Phi) is 4.76. The zero-order valence-electron chi connectivity index (χ0n) is 13.7. The summed E-state index contributed by atoms with van der Waals surface area (Å²) >= 11 is 5.20. The van der Waals surface area contributed by atoms with Crippen LogP contribution < -0.4 is 5.56 Å². The molecule has 1 fully saturated rings. The predicted octanol–water partition coefficient (Wildman–Crippen LogP) is 4.02. The summed E-state index contributed by atoms with van der Waals surface area (Å²) in [6.45, 7) is 4.27. The van der Waals surface area contributed by atoms with Gasteiger partial charge in [0.05, 0.1) is 0 Å². The van der Waals surface area contributed by atoms with Gasteiger partial charge in [-0.05, 0) is 56.0 Å². The fraction of sp³-hybridized carbons (Fsp3) is 0.500. The first-order valence-electron chi connectivity index (χ1n) is 8.31. The molecule has 5 heteroatoms. The Hall–Kier alpha value is -1.75. The van der Waals surface area contributed by atoms with Crippen LogP contribution in [0.3, 0.4) is 0 Å². The van der Waals surface area contributed by atoms with Gasteiger partial charge in [0.2, 0.25) is 0 Å². The van der Waals surface area contributed by atoms with Gasteiger partial charge in [0, 0.05) is 29.1 Å². The third kappa shape index (κ3) is 3.78. The summed E-state index contributed by atoms with van der Waals surface area (Å²) in [5, 5.41) is 0. The second-order valence-electron chi connectivity index (χ2n) is 6.70. The minimum atomic E-state index is -0.0781. The molecule has 0 atom stereocenters. The average Bonchev–Trinajstić information content (AvgIpc) is 2.51. The number of nitrogens with one attached hydrogen (secondary N) is 2. The fourth-order valence-corrected chi connectivity index (χ4v) is 3.68. The van der Waals surface area contributed by atoms with Gasteiger partial charge < -0.3 is 4.98 Å². The van der Waals surface area contributed by atoms with Gasteiger partial charge in [-0.3, -0.25) is 14.8 Å². The van der Waals surface area contributed by atoms with E-state index in [0.717, 1.165) is 41.4 Å². The largest absolute Gasteiger partial charge is 0.335 e. The number of nitrogens with zero attached hydrogens (tertiary/aromatic N) is 1. The molecular weight excluding hydrogens is 306 g/mol. The molecule has 1 aliphatic rings. The Balaban J connectivity index is 1.98. The van der Waals surface area contributed by atoms with Gasteiger partial charge >= 0.3 is 0 Å². The van der Waals surface area contributed by atoms with Gasteiger partial charge in [-0.1, -0.05) is 25.8 Å². The molecule has 1 aliphatic carbocycles. The van der Waals surface area contributed by atoms with Crippen LogP contribution in [0.15, 0.2) is 23.0 Å². The molecular formula is C18H23N3OS. The number of rotatable bonds is 3. The molecule has 1 saturated carbocycles. The zero-order chi connectivity index (χ0) is 16.4. The lowest BCUT2D eigenvalue weighted by Crippen LogP contribution is -2.22. The van der Waals surface area contributed by atoms with Crippen LogP contribution in [0.4, 0.5) is 0 Å². The molecule has 0 saturated heterocycles. The van der Waals surface area contributed by atoms with Crippen LogP contribution in [0, 0.1) is 17.6 Å². The van der Waals surface area contributed by atoms with E-state index in [4.69, 9.17) is 12.2 Å². The smallest absolute Gasteiger partial charge is 0.255 e. The summed E-state index contributed by atoms with van der Waals surface area (Å²) in [7, 11) is 0. The number of hydrogen-bond acceptors (Lipinski definition) is 3. The van der Waals surface area contributed by atoms with Gasteiger partial charge in [-0.2, -0.15) is 0 Å². The Morgan fingerprint density at radius 2 is 1.96 bits per heavy atom. The highest BCUT2D eigenvalue weighted by Gasteiger charge is 2.24. The van der Waals surface area contributed by atoms with Gasteiger partial charge in [0.1, 0.15) is 0 Å². The summed E-state index contributed by atoms with van der Waals surface area (Å²) in [6.07, 6.45) is 5.19. The van der Waals surface area contributed by atoms with Crippen molar-refractivity contribution in [2.24, 2.45) is 5.92 Å². The Bertz CT molecular complexity index is 800. The molecule has 2 heterocycles. The number of aryl methyl sites for hydroxylation is 1. The van der Waals surface area contributed by atoms with E-state index in [1.807, 2.05) is 25.1 Å². The van der Waals surface area contributed by atoms with Crippen molar-refractivity contribution in [1.82, 2.24) is 15.0 Å². The minimum absolute atomic E-state index is 0.0781. The van der Waals surface area contributed by atoms with Crippen LogP contribution in [0.5, 0.6) is 0 Å². The molecule has 122 valence electrons. The Morgan fingerprint density at radius 1 is 1.22 bits per heavy atom. The van der Waals surface area contributed by atoms with Crippen molar-refractivity contribution in [2.45, 2.75) is 51.9 Å². The van der Waals surface area contributed by atoms with Gasteiger partial charge in [-0.15, -0.1) is 0 Å². The molecule has 2 aromatic heterocycles. The lowest BCUT2D eigenvalue weighted by Gasteiger charge is -2.27. The van der Waals surface area contributed by atoms with E-state index in [0.29, 0.717) is 17.1 Å². The molecule has 0 amide bonds. The van der Waals surface area contributed by atoms with Crippen LogP contribution >= 0.6 is 12.2 Å². The van der Waals surface area contributed by atoms with Gasteiger partial charge in [0.25, 0.3) is 5.56 Å². The lowest BCUT2D eigenvalue weighted by molar-refractivity contribution is 0.342. The Morgan fingerprint density at radius 3 is 2.65 bits per heavy atom. The second kappa shape index (κ2) is 6.79. The SMILES string of the molecule is Cc1cccc(Cc2c(C3CCC(C)CC3)[nH]c(=S)[nH]c2=O)n1. The third-order valence-corrected chi connectivity index (χ3v) is 5.01. The maximum absolute atomic E-state index is 12.5. The maximum Gasteiger partial charge on any atom is 0.255 e. The second-order valence-corrected chi connectivity index (χ2v) is 7.11. The lowest BCUT2D eigenvalue weighted by atomic mass is 9.80. The van der Waals surface area contributed by atoms with E-state index < -0.39 is 0 Å². The fourth-order valence-electron chi connectivity index (χ4n) is 3.48. The van der Waals surface area contributed by atoms with Crippen LogP contribution in [0.2, 0.25) is 0 Å². The van der Waals surface area contributed by atoms with Crippen molar-refractivity contribution in [1.29, 1.82) is 0 Å². The minimum Gasteiger partial charge on any atom is -0.335 e. The first kappa shape index (κ1) is 16.1. The van der Waals surface area contributed by atoms with Crippen molar-refractivity contribution in [3.63, 3.8) is 0 Å². The van der Waals surface area contributed by atoms with E-state index in [9.17, 15) is 4.79 Å². The Labute approximate surface area is 141 Å². The predicted molar refractivity (Wildman–Crippen MR) is 94.4 cm³/mol. The summed E-state index contributed by atoms with van der Waals surface area (Å²) in [6, 6.07) is 5.93. The molecule has 2 aromatic rings. The first-order valence-corrected chi connectivity index (χ1v) is 8.71. The number of hydrogen-bond donors (Lipinski definition) is 2. The number of aromatic nitrogens is 3. The first-order chi connectivity index (χ1) is 11.0. The van der Waals surface area contributed by atoms with Gasteiger partial charge in [0.15, 0.2) is 4.77 Å². The van der Waals surface area contributed by atoms with E-state index in [1.165, 1.54) is 12.8 Å². The van der Waals surface area contributed by atoms with Gasteiger partial charge in [-0.25, -0.2) is 0 Å². The van der Waals surface area contributed by atoms with Crippen molar-refractivity contribution < 1.29 is 0 Å². The topological polar surface area (TPSA) is 61.5 Å². The third-order valence-electron chi connectivity index (χ3n) is 4.80. The molecule has 0 radical (unpaired) electrons. The highest BCUT2D eigenvalue weighted by molar-refractivity contribution is 7.71. The highest BCUT2D eigenvalue weighted by Crippen LogP contribution is 2.35.